The first-order valence-corrected chi connectivity index (χ1v) is 7.76. The molecule has 0 aromatic carbocycles. The van der Waals surface area contributed by atoms with Crippen molar-refractivity contribution < 1.29 is 9.53 Å². The molecule has 0 saturated carbocycles. The fourth-order valence-electron chi connectivity index (χ4n) is 3.28. The highest BCUT2D eigenvalue weighted by Crippen LogP contribution is 2.39. The van der Waals surface area contributed by atoms with Gasteiger partial charge in [0.2, 0.25) is 5.91 Å². The lowest BCUT2D eigenvalue weighted by Gasteiger charge is -2.24. The molecule has 2 saturated heterocycles. The lowest BCUT2D eigenvalue weighted by atomic mass is 9.88. The van der Waals surface area contributed by atoms with E-state index in [9.17, 15) is 4.79 Å². The Kier molecular flexibility index (Phi) is 3.93. The van der Waals surface area contributed by atoms with Gasteiger partial charge in [0, 0.05) is 37.5 Å². The zero-order valence-electron chi connectivity index (χ0n) is 13.0. The van der Waals surface area contributed by atoms with Gasteiger partial charge >= 0.3 is 0 Å². The molecular formula is C16H23N3O2. The largest absolute Gasteiger partial charge is 0.374 e. The van der Waals surface area contributed by atoms with Gasteiger partial charge in [-0.1, -0.05) is 13.8 Å². The van der Waals surface area contributed by atoms with Crippen LogP contribution in [0.4, 0.5) is 0 Å². The molecule has 1 aromatic heterocycles. The quantitative estimate of drug-likeness (QED) is 0.852. The fourth-order valence-corrected chi connectivity index (χ4v) is 3.28. The molecule has 0 radical (unpaired) electrons. The number of amides is 1. The Morgan fingerprint density at radius 3 is 2.62 bits per heavy atom. The molecule has 1 amide bonds. The average Bonchev–Trinajstić information content (AvgIpc) is 3.09. The smallest absolute Gasteiger partial charge is 0.228 e. The van der Waals surface area contributed by atoms with Crippen LogP contribution in [0.25, 0.3) is 0 Å². The number of carbonyl (C=O) groups excluding carboxylic acids is 1. The van der Waals surface area contributed by atoms with E-state index in [1.165, 1.54) is 0 Å². The lowest BCUT2D eigenvalue weighted by molar-refractivity contribution is -0.136. The molecule has 21 heavy (non-hydrogen) atoms. The summed E-state index contributed by atoms with van der Waals surface area (Å²) in [5.41, 5.74) is 0.972. The van der Waals surface area contributed by atoms with Crippen LogP contribution >= 0.6 is 0 Å². The highest BCUT2D eigenvalue weighted by Gasteiger charge is 2.45. The Balaban J connectivity index is 1.60. The molecule has 2 fully saturated rings. The average molecular weight is 289 g/mol. The van der Waals surface area contributed by atoms with Gasteiger partial charge in [-0.05, 0) is 19.3 Å². The number of nitrogens with zero attached hydrogens (tertiary/aromatic N) is 3. The second-order valence-corrected chi connectivity index (χ2v) is 6.51. The van der Waals surface area contributed by atoms with Crippen molar-refractivity contribution in [2.45, 2.75) is 57.8 Å². The summed E-state index contributed by atoms with van der Waals surface area (Å²) >= 11 is 0. The second kappa shape index (κ2) is 5.72. The van der Waals surface area contributed by atoms with Crippen LogP contribution in [0.15, 0.2) is 12.4 Å². The molecule has 2 bridgehead atoms. The molecule has 0 spiro atoms. The van der Waals surface area contributed by atoms with E-state index in [4.69, 9.17) is 4.74 Å². The van der Waals surface area contributed by atoms with Crippen molar-refractivity contribution in [1.82, 2.24) is 14.9 Å². The third-order valence-corrected chi connectivity index (χ3v) is 4.46. The van der Waals surface area contributed by atoms with Crippen LogP contribution in [0.5, 0.6) is 0 Å². The molecule has 3 atom stereocenters. The number of hydrogen-bond donors (Lipinski definition) is 0. The number of aromatic nitrogens is 2. The molecule has 0 unspecified atom stereocenters. The van der Waals surface area contributed by atoms with Crippen LogP contribution < -0.4 is 0 Å². The molecule has 1 aromatic rings. The van der Waals surface area contributed by atoms with E-state index in [1.54, 1.807) is 4.90 Å². The minimum atomic E-state index is 0.0459. The summed E-state index contributed by atoms with van der Waals surface area (Å²) in [4.78, 5) is 23.0. The van der Waals surface area contributed by atoms with Crippen molar-refractivity contribution in [3.8, 4) is 0 Å². The lowest BCUT2D eigenvalue weighted by Crippen LogP contribution is -2.37. The third kappa shape index (κ3) is 2.93. The number of rotatable bonds is 4. The summed E-state index contributed by atoms with van der Waals surface area (Å²) in [6.45, 7) is 4.70. The summed E-state index contributed by atoms with van der Waals surface area (Å²) in [5, 5.41) is 0. The van der Waals surface area contributed by atoms with Crippen LogP contribution in [0.2, 0.25) is 0 Å². The maximum atomic E-state index is 12.5. The predicted molar refractivity (Wildman–Crippen MR) is 78.6 cm³/mol. The molecule has 3 heterocycles. The monoisotopic (exact) mass is 289 g/mol. The van der Waals surface area contributed by atoms with E-state index in [-0.39, 0.29) is 17.9 Å². The molecule has 5 nitrogen and oxygen atoms in total. The van der Waals surface area contributed by atoms with Crippen LogP contribution in [0, 0.1) is 5.92 Å². The standard InChI is InChI=1S/C16H23N3O2/c1-10(2)15-17-7-11(8-18-15)9-19(3)16(20)13-6-12-4-5-14(13)21-12/h7-8,10,12-14H,4-6,9H2,1-3H3/t12-,13-,14+/m1/s1. The highest BCUT2D eigenvalue weighted by atomic mass is 16.5. The van der Waals surface area contributed by atoms with Crippen LogP contribution in [-0.4, -0.2) is 40.0 Å². The van der Waals surface area contributed by atoms with E-state index in [0.717, 1.165) is 30.7 Å². The Bertz CT molecular complexity index is 515. The van der Waals surface area contributed by atoms with Gasteiger partial charge in [-0.25, -0.2) is 9.97 Å². The van der Waals surface area contributed by atoms with Crippen LogP contribution in [-0.2, 0) is 16.1 Å². The zero-order valence-corrected chi connectivity index (χ0v) is 13.0. The zero-order chi connectivity index (χ0) is 15.0. The van der Waals surface area contributed by atoms with Crippen molar-refractivity contribution >= 4 is 5.91 Å². The summed E-state index contributed by atoms with van der Waals surface area (Å²) < 4.78 is 5.78. The second-order valence-electron chi connectivity index (χ2n) is 6.51. The molecule has 0 N–H and O–H groups in total. The third-order valence-electron chi connectivity index (χ3n) is 4.46. The Morgan fingerprint density at radius 2 is 2.10 bits per heavy atom. The summed E-state index contributed by atoms with van der Waals surface area (Å²) in [6, 6.07) is 0. The van der Waals surface area contributed by atoms with Gasteiger partial charge in [0.25, 0.3) is 0 Å². The maximum absolute atomic E-state index is 12.5. The van der Waals surface area contributed by atoms with Crippen LogP contribution in [0.1, 0.15) is 50.4 Å². The number of carbonyl (C=O) groups is 1. The van der Waals surface area contributed by atoms with Gasteiger partial charge in [-0.15, -0.1) is 0 Å². The normalized spacial score (nSPS) is 27.3. The molecule has 0 aliphatic carbocycles. The summed E-state index contributed by atoms with van der Waals surface area (Å²) in [6.07, 6.45) is 7.13. The predicted octanol–water partition coefficient (Wildman–Crippen LogP) is 2.13. The Labute approximate surface area is 125 Å². The first-order chi connectivity index (χ1) is 10.0. The van der Waals surface area contributed by atoms with Gasteiger partial charge in [0.15, 0.2) is 0 Å². The maximum Gasteiger partial charge on any atom is 0.228 e. The Morgan fingerprint density at radius 1 is 1.38 bits per heavy atom. The van der Waals surface area contributed by atoms with E-state index >= 15 is 0 Å². The van der Waals surface area contributed by atoms with Crippen molar-refractivity contribution in [3.05, 3.63) is 23.8 Å². The fraction of sp³-hybridized carbons (Fsp3) is 0.688. The van der Waals surface area contributed by atoms with Crippen molar-refractivity contribution in [2.75, 3.05) is 7.05 Å². The van der Waals surface area contributed by atoms with Crippen molar-refractivity contribution in [2.24, 2.45) is 5.92 Å². The number of ether oxygens (including phenoxy) is 1. The molecule has 3 rings (SSSR count). The van der Waals surface area contributed by atoms with Gasteiger partial charge in [0.05, 0.1) is 18.1 Å². The first kappa shape index (κ1) is 14.4. The van der Waals surface area contributed by atoms with Gasteiger partial charge < -0.3 is 9.64 Å². The van der Waals surface area contributed by atoms with E-state index in [0.29, 0.717) is 18.6 Å². The molecule has 114 valence electrons. The molecule has 5 heteroatoms. The molecular weight excluding hydrogens is 266 g/mol. The number of fused-ring (bicyclic) bond motifs is 2. The minimum Gasteiger partial charge on any atom is -0.374 e. The Hall–Kier alpha value is -1.49. The summed E-state index contributed by atoms with van der Waals surface area (Å²) in [5.74, 6) is 1.40. The highest BCUT2D eigenvalue weighted by molar-refractivity contribution is 5.79. The topological polar surface area (TPSA) is 55.3 Å². The first-order valence-electron chi connectivity index (χ1n) is 7.76. The van der Waals surface area contributed by atoms with Crippen molar-refractivity contribution in [1.29, 1.82) is 0 Å². The number of hydrogen-bond acceptors (Lipinski definition) is 4. The van der Waals surface area contributed by atoms with E-state index in [1.807, 2.05) is 19.4 Å². The SMILES string of the molecule is CC(C)c1ncc(CN(C)C(=O)[C@@H]2C[C@H]3CC[C@@H]2O3)cn1. The van der Waals surface area contributed by atoms with E-state index < -0.39 is 0 Å². The summed E-state index contributed by atoms with van der Waals surface area (Å²) in [7, 11) is 1.85. The molecule has 2 aliphatic heterocycles. The van der Waals surface area contributed by atoms with Gasteiger partial charge in [-0.3, -0.25) is 4.79 Å². The minimum absolute atomic E-state index is 0.0459. The van der Waals surface area contributed by atoms with Crippen LogP contribution in [0.3, 0.4) is 0 Å². The van der Waals surface area contributed by atoms with Crippen molar-refractivity contribution in [3.63, 3.8) is 0 Å². The van der Waals surface area contributed by atoms with Gasteiger partial charge in [-0.2, -0.15) is 0 Å². The van der Waals surface area contributed by atoms with Gasteiger partial charge in [0.1, 0.15) is 5.82 Å². The molecule has 2 aliphatic rings. The van der Waals surface area contributed by atoms with E-state index in [2.05, 4.69) is 23.8 Å².